The van der Waals surface area contributed by atoms with E-state index in [2.05, 4.69) is 0 Å². The molecular weight excluding hydrogens is 236 g/mol. The largest absolute Gasteiger partial charge is 0.310 e. The summed E-state index contributed by atoms with van der Waals surface area (Å²) < 4.78 is 0. The van der Waals surface area contributed by atoms with Gasteiger partial charge in [0.15, 0.2) is 0 Å². The van der Waals surface area contributed by atoms with Crippen molar-refractivity contribution < 1.29 is 4.79 Å². The van der Waals surface area contributed by atoms with Crippen LogP contribution in [-0.4, -0.2) is 18.3 Å². The minimum atomic E-state index is -0.174. The first-order chi connectivity index (χ1) is 8.08. The molecule has 0 aliphatic rings. The number of halogens is 1. The Morgan fingerprint density at radius 3 is 2.41 bits per heavy atom. The molecule has 0 saturated carbocycles. The standard InChI is InChI=1S/C13H15ClN2O/c1-10-6-11(2)8-12(7-10)16(5-3-4-15)13(17)9-14/h6-8H,3,5,9H2,1-2H3. The van der Waals surface area contributed by atoms with Gasteiger partial charge in [-0.15, -0.1) is 11.6 Å². The fourth-order valence-corrected chi connectivity index (χ4v) is 1.88. The van der Waals surface area contributed by atoms with E-state index in [0.29, 0.717) is 13.0 Å². The molecule has 0 aromatic heterocycles. The van der Waals surface area contributed by atoms with E-state index in [-0.39, 0.29) is 11.8 Å². The van der Waals surface area contributed by atoms with Gasteiger partial charge in [-0.05, 0) is 37.1 Å². The van der Waals surface area contributed by atoms with E-state index < -0.39 is 0 Å². The molecule has 4 heteroatoms. The maximum atomic E-state index is 11.7. The van der Waals surface area contributed by atoms with Crippen LogP contribution < -0.4 is 4.90 Å². The molecule has 0 radical (unpaired) electrons. The van der Waals surface area contributed by atoms with Gasteiger partial charge in [0.25, 0.3) is 0 Å². The number of carbonyl (C=O) groups is 1. The van der Waals surface area contributed by atoms with Crippen molar-refractivity contribution in [2.75, 3.05) is 17.3 Å². The average Bonchev–Trinajstić information content (AvgIpc) is 2.28. The molecule has 1 amide bonds. The van der Waals surface area contributed by atoms with Gasteiger partial charge >= 0.3 is 0 Å². The lowest BCUT2D eigenvalue weighted by Crippen LogP contribution is -2.32. The van der Waals surface area contributed by atoms with E-state index in [0.717, 1.165) is 16.8 Å². The first-order valence-electron chi connectivity index (χ1n) is 5.40. The highest BCUT2D eigenvalue weighted by molar-refractivity contribution is 6.29. The molecule has 1 aromatic carbocycles. The maximum Gasteiger partial charge on any atom is 0.241 e. The van der Waals surface area contributed by atoms with Gasteiger partial charge in [0.2, 0.25) is 5.91 Å². The molecule has 3 nitrogen and oxygen atoms in total. The Bertz CT molecular complexity index is 431. The zero-order valence-corrected chi connectivity index (χ0v) is 10.8. The molecule has 0 unspecified atom stereocenters. The van der Waals surface area contributed by atoms with Crippen molar-refractivity contribution in [3.63, 3.8) is 0 Å². The third kappa shape index (κ3) is 3.76. The number of rotatable bonds is 4. The Balaban J connectivity index is 3.03. The van der Waals surface area contributed by atoms with Crippen molar-refractivity contribution in [1.82, 2.24) is 0 Å². The summed E-state index contributed by atoms with van der Waals surface area (Å²) in [6.07, 6.45) is 0.301. The lowest BCUT2D eigenvalue weighted by Gasteiger charge is -2.21. The van der Waals surface area contributed by atoms with Crippen molar-refractivity contribution in [2.24, 2.45) is 0 Å². The number of amides is 1. The van der Waals surface area contributed by atoms with Gasteiger partial charge in [-0.25, -0.2) is 0 Å². The molecule has 0 aliphatic carbocycles. The number of aryl methyl sites for hydroxylation is 2. The summed E-state index contributed by atoms with van der Waals surface area (Å²) in [6.45, 7) is 4.33. The summed E-state index contributed by atoms with van der Waals surface area (Å²) in [6, 6.07) is 7.93. The quantitative estimate of drug-likeness (QED) is 0.772. The Labute approximate surface area is 107 Å². The molecule has 1 rings (SSSR count). The van der Waals surface area contributed by atoms with E-state index in [9.17, 15) is 4.79 Å². The monoisotopic (exact) mass is 250 g/mol. The summed E-state index contributed by atoms with van der Waals surface area (Å²) >= 11 is 5.58. The molecule has 1 aromatic rings. The predicted molar refractivity (Wildman–Crippen MR) is 69.2 cm³/mol. The fourth-order valence-electron chi connectivity index (χ4n) is 1.74. The second-order valence-electron chi connectivity index (χ2n) is 3.93. The summed E-state index contributed by atoms with van der Waals surface area (Å²) in [4.78, 5) is 13.3. The summed E-state index contributed by atoms with van der Waals surface area (Å²) in [7, 11) is 0. The maximum absolute atomic E-state index is 11.7. The highest BCUT2D eigenvalue weighted by Crippen LogP contribution is 2.19. The number of nitriles is 1. The van der Waals surface area contributed by atoms with E-state index >= 15 is 0 Å². The molecule has 0 saturated heterocycles. The lowest BCUT2D eigenvalue weighted by atomic mass is 10.1. The molecule has 17 heavy (non-hydrogen) atoms. The predicted octanol–water partition coefficient (Wildman–Crippen LogP) is 2.79. The number of carbonyl (C=O) groups excluding carboxylic acids is 1. The van der Waals surface area contributed by atoms with Crippen LogP contribution in [0.15, 0.2) is 18.2 Å². The smallest absolute Gasteiger partial charge is 0.241 e. The molecule has 90 valence electrons. The number of hydrogen-bond acceptors (Lipinski definition) is 2. The van der Waals surface area contributed by atoms with Crippen molar-refractivity contribution in [3.05, 3.63) is 29.3 Å². The van der Waals surface area contributed by atoms with E-state index in [4.69, 9.17) is 16.9 Å². The molecule has 0 spiro atoms. The third-order valence-corrected chi connectivity index (χ3v) is 2.61. The number of hydrogen-bond donors (Lipinski definition) is 0. The number of anilines is 1. The van der Waals surface area contributed by atoms with Crippen LogP contribution in [0.2, 0.25) is 0 Å². The van der Waals surface area contributed by atoms with Crippen molar-refractivity contribution in [1.29, 1.82) is 5.26 Å². The summed E-state index contributed by atoms with van der Waals surface area (Å²) in [5, 5.41) is 8.60. The SMILES string of the molecule is Cc1cc(C)cc(N(CCC#N)C(=O)CCl)c1. The second kappa shape index (κ2) is 6.27. The molecule has 0 heterocycles. The Morgan fingerprint density at radius 2 is 1.94 bits per heavy atom. The Kier molecular flexibility index (Phi) is 4.99. The Morgan fingerprint density at radius 1 is 1.35 bits per heavy atom. The lowest BCUT2D eigenvalue weighted by molar-refractivity contribution is -0.116. The van der Waals surface area contributed by atoms with Gasteiger partial charge in [0, 0.05) is 12.2 Å². The fraction of sp³-hybridized carbons (Fsp3) is 0.385. The van der Waals surface area contributed by atoms with Crippen LogP contribution in [0.3, 0.4) is 0 Å². The summed E-state index contributed by atoms with van der Waals surface area (Å²) in [5.41, 5.74) is 2.98. The van der Waals surface area contributed by atoms with Crippen LogP contribution >= 0.6 is 11.6 Å². The van der Waals surface area contributed by atoms with Gasteiger partial charge in [0.05, 0.1) is 12.5 Å². The van der Waals surface area contributed by atoms with Gasteiger partial charge in [-0.2, -0.15) is 5.26 Å². The molecule has 0 N–H and O–H groups in total. The third-order valence-electron chi connectivity index (χ3n) is 2.38. The van der Waals surface area contributed by atoms with E-state index in [1.165, 1.54) is 0 Å². The number of benzene rings is 1. The van der Waals surface area contributed by atoms with Crippen LogP contribution in [0.5, 0.6) is 0 Å². The minimum absolute atomic E-state index is 0.0710. The number of alkyl halides is 1. The second-order valence-corrected chi connectivity index (χ2v) is 4.20. The molecule has 0 atom stereocenters. The summed E-state index contributed by atoms with van der Waals surface area (Å²) in [5.74, 6) is -0.245. The van der Waals surface area contributed by atoms with Gasteiger partial charge in [0.1, 0.15) is 5.88 Å². The van der Waals surface area contributed by atoms with Crippen LogP contribution in [0.25, 0.3) is 0 Å². The zero-order valence-electron chi connectivity index (χ0n) is 10.0. The van der Waals surface area contributed by atoms with E-state index in [1.54, 1.807) is 4.90 Å². The number of nitrogens with zero attached hydrogens (tertiary/aromatic N) is 2. The highest BCUT2D eigenvalue weighted by Gasteiger charge is 2.14. The van der Waals surface area contributed by atoms with Crippen LogP contribution in [0.4, 0.5) is 5.69 Å². The zero-order chi connectivity index (χ0) is 12.8. The average molecular weight is 251 g/mol. The van der Waals surface area contributed by atoms with Crippen LogP contribution in [-0.2, 0) is 4.79 Å². The van der Waals surface area contributed by atoms with Gasteiger partial charge < -0.3 is 4.90 Å². The first-order valence-corrected chi connectivity index (χ1v) is 5.93. The van der Waals surface area contributed by atoms with Crippen molar-refractivity contribution >= 4 is 23.2 Å². The van der Waals surface area contributed by atoms with Crippen molar-refractivity contribution in [3.8, 4) is 6.07 Å². The molecule has 0 fully saturated rings. The highest BCUT2D eigenvalue weighted by atomic mass is 35.5. The molecule has 0 bridgehead atoms. The molecular formula is C13H15ClN2O. The van der Waals surface area contributed by atoms with Crippen LogP contribution in [0, 0.1) is 25.2 Å². The van der Waals surface area contributed by atoms with Gasteiger partial charge in [-0.1, -0.05) is 6.07 Å². The Hall–Kier alpha value is -1.53. The van der Waals surface area contributed by atoms with Crippen molar-refractivity contribution in [2.45, 2.75) is 20.3 Å². The van der Waals surface area contributed by atoms with Crippen LogP contribution in [0.1, 0.15) is 17.5 Å². The minimum Gasteiger partial charge on any atom is -0.310 e. The first kappa shape index (κ1) is 13.5. The molecule has 0 aliphatic heterocycles. The topological polar surface area (TPSA) is 44.1 Å². The normalized spacial score (nSPS) is 9.76. The van der Waals surface area contributed by atoms with Gasteiger partial charge in [-0.3, -0.25) is 4.79 Å². The van der Waals surface area contributed by atoms with E-state index in [1.807, 2.05) is 38.1 Å².